The Labute approximate surface area is 192 Å². The molecule has 8 nitrogen and oxygen atoms in total. The van der Waals surface area contributed by atoms with Crippen molar-refractivity contribution in [1.29, 1.82) is 0 Å². The fraction of sp³-hybridized carbons (Fsp3) is 0.250. The van der Waals surface area contributed by atoms with Crippen molar-refractivity contribution in [2.75, 3.05) is 23.8 Å². The zero-order chi connectivity index (χ0) is 23.1. The average Bonchev–Trinajstić information content (AvgIpc) is 3.36. The molecule has 2 aromatic heterocycles. The number of likely N-dealkylation sites (N-methyl/N-ethyl adjacent to an activating group) is 1. The minimum absolute atomic E-state index is 0.463. The summed E-state index contributed by atoms with van der Waals surface area (Å²) in [4.78, 5) is 12.1. The van der Waals surface area contributed by atoms with Gasteiger partial charge in [0.05, 0.1) is 11.2 Å². The number of aryl methyl sites for hydroxylation is 1. The van der Waals surface area contributed by atoms with Crippen molar-refractivity contribution in [2.45, 2.75) is 26.4 Å². The molecule has 0 bridgehead atoms. The molecule has 1 aliphatic rings. The fourth-order valence-corrected chi connectivity index (χ4v) is 4.59. The van der Waals surface area contributed by atoms with Gasteiger partial charge in [-0.1, -0.05) is 36.4 Å². The van der Waals surface area contributed by atoms with E-state index in [9.17, 15) is 10.0 Å². The summed E-state index contributed by atoms with van der Waals surface area (Å²) in [6, 6.07) is 15.5. The summed E-state index contributed by atoms with van der Waals surface area (Å²) < 4.78 is 2.08. The van der Waals surface area contributed by atoms with Crippen LogP contribution in [0.1, 0.15) is 22.5 Å². The number of fused-ring (bicyclic) bond motifs is 2. The van der Waals surface area contributed by atoms with Gasteiger partial charge in [-0.25, -0.2) is 4.98 Å². The molecule has 0 unspecified atom stereocenters. The Morgan fingerprint density at radius 2 is 1.94 bits per heavy atom. The van der Waals surface area contributed by atoms with Crippen LogP contribution in [0, 0.1) is 6.92 Å². The zero-order valence-corrected chi connectivity index (χ0v) is 18.8. The second-order valence-electron chi connectivity index (χ2n) is 8.49. The van der Waals surface area contributed by atoms with E-state index in [1.165, 1.54) is 0 Å². The van der Waals surface area contributed by atoms with Crippen molar-refractivity contribution in [3.8, 4) is 5.95 Å². The molecule has 9 heteroatoms. The number of rotatable bonds is 6. The maximum absolute atomic E-state index is 9.48. The van der Waals surface area contributed by atoms with E-state index in [1.807, 2.05) is 25.2 Å². The smallest absolute Gasteiger partial charge is 0.423 e. The van der Waals surface area contributed by atoms with Crippen molar-refractivity contribution in [2.24, 2.45) is 5.73 Å². The molecule has 0 saturated heterocycles. The highest BCUT2D eigenvalue weighted by Gasteiger charge is 2.25. The van der Waals surface area contributed by atoms with Crippen LogP contribution in [0.5, 0.6) is 0 Å². The summed E-state index contributed by atoms with van der Waals surface area (Å²) in [7, 11) is 0.557. The molecule has 0 aliphatic carbocycles. The summed E-state index contributed by atoms with van der Waals surface area (Å²) >= 11 is 0. The molecule has 0 spiro atoms. The normalized spacial score (nSPS) is 12.9. The summed E-state index contributed by atoms with van der Waals surface area (Å²) in [5.41, 5.74) is 12.6. The van der Waals surface area contributed by atoms with Gasteiger partial charge in [-0.05, 0) is 35.6 Å². The van der Waals surface area contributed by atoms with E-state index in [0.29, 0.717) is 24.5 Å². The van der Waals surface area contributed by atoms with Crippen LogP contribution in [-0.4, -0.2) is 45.3 Å². The summed E-state index contributed by atoms with van der Waals surface area (Å²) in [5.74, 6) is 1.40. The average molecular weight is 442 g/mol. The van der Waals surface area contributed by atoms with E-state index in [1.54, 1.807) is 12.1 Å². The first-order valence-electron chi connectivity index (χ1n) is 11.1. The van der Waals surface area contributed by atoms with E-state index in [2.05, 4.69) is 39.9 Å². The van der Waals surface area contributed by atoms with E-state index >= 15 is 0 Å². The number of hydrogen-bond donors (Lipinski definition) is 4. The van der Waals surface area contributed by atoms with Gasteiger partial charge in [0.1, 0.15) is 5.69 Å². The number of nitrogens with two attached hydrogens (primary N) is 1. The van der Waals surface area contributed by atoms with Crippen molar-refractivity contribution in [3.63, 3.8) is 0 Å². The quantitative estimate of drug-likeness (QED) is 0.335. The molecule has 0 amide bonds. The number of aromatic nitrogens is 3. The Morgan fingerprint density at radius 3 is 2.73 bits per heavy atom. The minimum Gasteiger partial charge on any atom is -0.423 e. The van der Waals surface area contributed by atoms with Gasteiger partial charge in [0.2, 0.25) is 5.95 Å². The minimum atomic E-state index is -1.49. The molecule has 168 valence electrons. The zero-order valence-electron chi connectivity index (χ0n) is 18.8. The molecule has 5 N–H and O–H groups in total. The topological polar surface area (TPSA) is 112 Å². The lowest BCUT2D eigenvalue weighted by molar-refractivity contribution is 0.425. The number of nitrogens with zero attached hydrogens (tertiary/aromatic N) is 4. The number of hydrogen-bond acceptors (Lipinski definition) is 7. The molecular formula is C24H27BN6O2. The van der Waals surface area contributed by atoms with Crippen LogP contribution in [0.2, 0.25) is 0 Å². The first kappa shape index (κ1) is 21.5. The van der Waals surface area contributed by atoms with Gasteiger partial charge in [0, 0.05) is 44.2 Å². The predicted octanol–water partition coefficient (Wildman–Crippen LogP) is 1.47. The first-order valence-corrected chi connectivity index (χ1v) is 11.1. The Hall–Kier alpha value is -3.40. The van der Waals surface area contributed by atoms with Crippen LogP contribution in [0.4, 0.5) is 11.5 Å². The highest BCUT2D eigenvalue weighted by molar-refractivity contribution is 6.58. The maximum atomic E-state index is 9.48. The van der Waals surface area contributed by atoms with E-state index in [-0.39, 0.29) is 0 Å². The van der Waals surface area contributed by atoms with Gasteiger partial charge in [-0.3, -0.25) is 4.57 Å². The van der Waals surface area contributed by atoms with Gasteiger partial charge in [-0.2, -0.15) is 4.98 Å². The van der Waals surface area contributed by atoms with Crippen molar-refractivity contribution < 1.29 is 10.0 Å². The molecule has 2 aromatic carbocycles. The maximum Gasteiger partial charge on any atom is 0.488 e. The molecule has 0 atom stereocenters. The third kappa shape index (κ3) is 3.84. The van der Waals surface area contributed by atoms with Gasteiger partial charge >= 0.3 is 7.12 Å². The fourth-order valence-electron chi connectivity index (χ4n) is 4.59. The highest BCUT2D eigenvalue weighted by Crippen LogP contribution is 2.34. The van der Waals surface area contributed by atoms with Crippen molar-refractivity contribution >= 4 is 35.0 Å². The second kappa shape index (κ2) is 8.51. The number of benzene rings is 2. The predicted molar refractivity (Wildman–Crippen MR) is 132 cm³/mol. The van der Waals surface area contributed by atoms with Crippen molar-refractivity contribution in [1.82, 2.24) is 14.5 Å². The molecule has 1 aliphatic heterocycles. The molecule has 5 rings (SSSR count). The van der Waals surface area contributed by atoms with Gasteiger partial charge in [-0.15, -0.1) is 0 Å². The molecule has 0 saturated carbocycles. The molecule has 33 heavy (non-hydrogen) atoms. The molecule has 4 aromatic rings. The van der Waals surface area contributed by atoms with Crippen molar-refractivity contribution in [3.05, 3.63) is 71.0 Å². The largest absolute Gasteiger partial charge is 0.488 e. The summed E-state index contributed by atoms with van der Waals surface area (Å²) in [6.07, 6.45) is 0.856. The van der Waals surface area contributed by atoms with Crippen LogP contribution in [0.25, 0.3) is 16.9 Å². The lowest BCUT2D eigenvalue weighted by atomic mass is 9.80. The van der Waals surface area contributed by atoms with Gasteiger partial charge in [0.25, 0.3) is 0 Å². The summed E-state index contributed by atoms with van der Waals surface area (Å²) in [6.45, 7) is 3.92. The van der Waals surface area contributed by atoms with Crippen LogP contribution in [0.3, 0.4) is 0 Å². The monoisotopic (exact) mass is 442 g/mol. The standard InChI is InChI=1S/C24H27BN6O2/c1-15-11-19-17(13-26)6-4-8-21(19)31(15)24-28-20-9-10-30(2)22(20)23(29-24)27-14-16-5-3-7-18(12-16)25(32)33/h3-8,11-12,32-33H,9-10,13-14,26H2,1-2H3,(H,27,28,29). The first-order chi connectivity index (χ1) is 16.0. The van der Waals surface area contributed by atoms with E-state index < -0.39 is 7.12 Å². The van der Waals surface area contributed by atoms with E-state index in [4.69, 9.17) is 15.7 Å². The van der Waals surface area contributed by atoms with Gasteiger partial charge in [0.15, 0.2) is 5.82 Å². The highest BCUT2D eigenvalue weighted by atomic mass is 16.4. The molecule has 0 radical (unpaired) electrons. The lowest BCUT2D eigenvalue weighted by Gasteiger charge is -2.18. The van der Waals surface area contributed by atoms with Crippen LogP contribution in [-0.2, 0) is 19.5 Å². The van der Waals surface area contributed by atoms with E-state index in [0.717, 1.165) is 57.9 Å². The third-order valence-electron chi connectivity index (χ3n) is 6.26. The van der Waals surface area contributed by atoms with Crippen LogP contribution >= 0.6 is 0 Å². The number of anilines is 2. The SMILES string of the molecule is Cc1cc2c(CN)cccc2n1-c1nc2c(c(NCc3cccc(B(O)O)c3)n1)N(C)CC2. The Kier molecular flexibility index (Phi) is 5.53. The Bertz CT molecular complexity index is 1340. The lowest BCUT2D eigenvalue weighted by Crippen LogP contribution is -2.30. The summed E-state index contributed by atoms with van der Waals surface area (Å²) in [5, 5.41) is 23.5. The molecule has 3 heterocycles. The van der Waals surface area contributed by atoms with Gasteiger partial charge < -0.3 is 26.0 Å². The second-order valence-corrected chi connectivity index (χ2v) is 8.49. The van der Waals surface area contributed by atoms with Crippen LogP contribution < -0.4 is 21.4 Å². The Morgan fingerprint density at radius 1 is 1.12 bits per heavy atom. The third-order valence-corrected chi connectivity index (χ3v) is 6.26. The number of nitrogens with one attached hydrogen (secondary N) is 1. The molecular weight excluding hydrogens is 415 g/mol. The van der Waals surface area contributed by atoms with Crippen LogP contribution in [0.15, 0.2) is 48.5 Å². The molecule has 0 fully saturated rings. The Balaban J connectivity index is 1.57.